The van der Waals surface area contributed by atoms with Gasteiger partial charge in [-0.25, -0.2) is 9.80 Å². The van der Waals surface area contributed by atoms with Gasteiger partial charge < -0.3 is 15.8 Å². The Morgan fingerprint density at radius 1 is 1.05 bits per heavy atom. The molecule has 1 atom stereocenters. The first-order chi connectivity index (χ1) is 18.0. The molecule has 2 fully saturated rings. The van der Waals surface area contributed by atoms with Crippen molar-refractivity contribution in [3.63, 3.8) is 0 Å². The highest BCUT2D eigenvalue weighted by Gasteiger charge is 2.37. The highest BCUT2D eigenvalue weighted by molar-refractivity contribution is 6.14. The molecule has 2 aromatic carbocycles. The third kappa shape index (κ3) is 5.68. The fraction of sp³-hybridized carbons (Fsp3) is 0.533. The molecule has 2 heterocycles. The minimum Gasteiger partial charge on any atom is -0.385 e. The van der Waals surface area contributed by atoms with Crippen molar-refractivity contribution in [2.75, 3.05) is 36.5 Å². The topological polar surface area (TPSA) is 83.2 Å². The zero-order valence-corrected chi connectivity index (χ0v) is 22.3. The average Bonchev–Trinajstić information content (AvgIpc) is 3.06. The summed E-state index contributed by atoms with van der Waals surface area (Å²) in [4.78, 5) is 16.2. The van der Waals surface area contributed by atoms with Crippen LogP contribution in [0.25, 0.3) is 0 Å². The van der Waals surface area contributed by atoms with Gasteiger partial charge in [-0.05, 0) is 81.0 Å². The predicted octanol–water partition coefficient (Wildman–Crippen LogP) is 6.04. The van der Waals surface area contributed by atoms with Gasteiger partial charge in [0.15, 0.2) is 0 Å². The zero-order chi connectivity index (χ0) is 25.8. The monoisotopic (exact) mass is 503 g/mol. The molecule has 198 valence electrons. The molecule has 7 heteroatoms. The minimum absolute atomic E-state index is 0.0384. The summed E-state index contributed by atoms with van der Waals surface area (Å²) in [5.41, 5.74) is 11.9. The second-order valence-corrected chi connectivity index (χ2v) is 10.9. The van der Waals surface area contributed by atoms with E-state index in [-0.39, 0.29) is 12.1 Å². The first kappa shape index (κ1) is 25.7. The van der Waals surface area contributed by atoms with E-state index < -0.39 is 0 Å². The number of nitrogens with one attached hydrogen (secondary N) is 1. The van der Waals surface area contributed by atoms with Crippen LogP contribution in [0, 0.1) is 18.8 Å². The lowest BCUT2D eigenvalue weighted by Crippen LogP contribution is -2.45. The minimum atomic E-state index is -0.0815. The zero-order valence-electron chi connectivity index (χ0n) is 22.3. The second-order valence-electron chi connectivity index (χ2n) is 10.9. The van der Waals surface area contributed by atoms with Crippen LogP contribution in [0.2, 0.25) is 0 Å². The summed E-state index contributed by atoms with van der Waals surface area (Å²) in [6.07, 6.45) is 7.59. The average molecular weight is 504 g/mol. The molecule has 1 aliphatic carbocycles. The number of rotatable bonds is 7. The summed E-state index contributed by atoms with van der Waals surface area (Å²) < 4.78 is 5.64. The predicted molar refractivity (Wildman–Crippen MR) is 151 cm³/mol. The van der Waals surface area contributed by atoms with Crippen molar-refractivity contribution in [3.8, 4) is 0 Å². The van der Waals surface area contributed by atoms with Crippen molar-refractivity contribution >= 4 is 28.8 Å². The molecule has 3 N–H and O–H groups in total. The Morgan fingerprint density at radius 3 is 2.49 bits per heavy atom. The molecule has 1 saturated carbocycles. The normalized spacial score (nSPS) is 20.3. The maximum absolute atomic E-state index is 14.4. The number of anilines is 3. The highest BCUT2D eigenvalue weighted by atomic mass is 16.5. The van der Waals surface area contributed by atoms with E-state index in [1.807, 2.05) is 29.2 Å². The van der Waals surface area contributed by atoms with Gasteiger partial charge in [-0.3, -0.25) is 4.90 Å². The van der Waals surface area contributed by atoms with E-state index in [1.165, 1.54) is 19.3 Å². The summed E-state index contributed by atoms with van der Waals surface area (Å²) in [7, 11) is 0. The second kappa shape index (κ2) is 11.7. The molecule has 0 bridgehead atoms. The third-order valence-electron chi connectivity index (χ3n) is 7.98. The number of carbonyl (C=O) groups is 1. The van der Waals surface area contributed by atoms with E-state index in [4.69, 9.17) is 15.6 Å². The van der Waals surface area contributed by atoms with Gasteiger partial charge in [0, 0.05) is 36.9 Å². The molecule has 0 aromatic heterocycles. The molecule has 2 aromatic rings. The molecular formula is C30H41N5O2. The Bertz CT molecular complexity index is 1100. The third-order valence-corrected chi connectivity index (χ3v) is 7.98. The molecular weight excluding hydrogens is 462 g/mol. The standard InChI is InChI=1S/C30H41N5O2/c1-21-8-13-27-28(18-21)34(25-11-9-24(10-12-25)32-20-22(2)19-31)30(36)35(26-14-16-37-17-15-26)33-29(27)23-6-4-3-5-7-23/h8-13,18,22-23,26,32H,3-7,14-17,19-20,31H2,1-2H3. The van der Waals surface area contributed by atoms with Crippen molar-refractivity contribution < 1.29 is 9.53 Å². The fourth-order valence-electron chi connectivity index (χ4n) is 5.66. The molecule has 5 rings (SSSR count). The van der Waals surface area contributed by atoms with Crippen LogP contribution in [0.3, 0.4) is 0 Å². The van der Waals surface area contributed by atoms with Crippen LogP contribution in [-0.2, 0) is 4.74 Å². The summed E-state index contributed by atoms with van der Waals surface area (Å²) in [6, 6.07) is 14.6. The van der Waals surface area contributed by atoms with Crippen LogP contribution in [0.4, 0.5) is 21.9 Å². The van der Waals surface area contributed by atoms with Crippen LogP contribution in [0.5, 0.6) is 0 Å². The Labute approximate surface area is 221 Å². The highest BCUT2D eigenvalue weighted by Crippen LogP contribution is 2.39. The van der Waals surface area contributed by atoms with Crippen molar-refractivity contribution in [1.29, 1.82) is 0 Å². The van der Waals surface area contributed by atoms with Gasteiger partial charge >= 0.3 is 6.03 Å². The van der Waals surface area contributed by atoms with Gasteiger partial charge in [0.1, 0.15) is 0 Å². The summed E-state index contributed by atoms with van der Waals surface area (Å²) in [5, 5.41) is 10.5. The fourth-order valence-corrected chi connectivity index (χ4v) is 5.66. The van der Waals surface area contributed by atoms with Crippen molar-refractivity contribution in [1.82, 2.24) is 5.01 Å². The van der Waals surface area contributed by atoms with E-state index >= 15 is 0 Å². The molecule has 2 amide bonds. The number of fused-ring (bicyclic) bond motifs is 1. The number of aryl methyl sites for hydroxylation is 1. The van der Waals surface area contributed by atoms with E-state index in [9.17, 15) is 4.79 Å². The van der Waals surface area contributed by atoms with Crippen molar-refractivity contribution in [2.45, 2.75) is 64.8 Å². The van der Waals surface area contributed by atoms with Crippen LogP contribution < -0.4 is 16.0 Å². The molecule has 1 saturated heterocycles. The largest absolute Gasteiger partial charge is 0.385 e. The van der Waals surface area contributed by atoms with Gasteiger partial charge in [-0.15, -0.1) is 0 Å². The molecule has 37 heavy (non-hydrogen) atoms. The van der Waals surface area contributed by atoms with Gasteiger partial charge in [-0.1, -0.05) is 38.3 Å². The van der Waals surface area contributed by atoms with Crippen molar-refractivity contribution in [2.24, 2.45) is 22.7 Å². The van der Waals surface area contributed by atoms with Crippen LogP contribution in [-0.4, -0.2) is 49.1 Å². The molecule has 1 unspecified atom stereocenters. The quantitative estimate of drug-likeness (QED) is 0.483. The number of hydrogen-bond donors (Lipinski definition) is 2. The summed E-state index contributed by atoms with van der Waals surface area (Å²) >= 11 is 0. The van der Waals surface area contributed by atoms with Crippen LogP contribution in [0.15, 0.2) is 47.6 Å². The lowest BCUT2D eigenvalue weighted by molar-refractivity contribution is 0.0480. The SMILES string of the molecule is Cc1ccc2c(c1)N(c1ccc(NCC(C)CN)cc1)C(=O)N(C1CCOCC1)N=C2C1CCCCC1. The number of hydrogen-bond acceptors (Lipinski definition) is 5. The van der Waals surface area contributed by atoms with Gasteiger partial charge in [-0.2, -0.15) is 5.10 Å². The Balaban J connectivity index is 1.56. The lowest BCUT2D eigenvalue weighted by Gasteiger charge is -2.33. The number of benzene rings is 2. The summed E-state index contributed by atoms with van der Waals surface area (Å²) in [5.74, 6) is 0.770. The Hall–Kier alpha value is -2.90. The van der Waals surface area contributed by atoms with E-state index in [0.29, 0.717) is 31.6 Å². The van der Waals surface area contributed by atoms with E-state index in [0.717, 1.165) is 66.1 Å². The maximum Gasteiger partial charge on any atom is 0.349 e. The number of nitrogens with two attached hydrogens (primary N) is 1. The van der Waals surface area contributed by atoms with E-state index in [2.05, 4.69) is 37.4 Å². The number of hydrazone groups is 1. The maximum atomic E-state index is 14.4. The van der Waals surface area contributed by atoms with Gasteiger partial charge in [0.2, 0.25) is 0 Å². The molecule has 3 aliphatic rings. The molecule has 0 spiro atoms. The number of carbonyl (C=O) groups excluding carboxylic acids is 1. The van der Waals surface area contributed by atoms with Gasteiger partial charge in [0.25, 0.3) is 0 Å². The molecule has 2 aliphatic heterocycles. The molecule has 0 radical (unpaired) electrons. The first-order valence-electron chi connectivity index (χ1n) is 14.0. The Kier molecular flexibility index (Phi) is 8.11. The smallest absolute Gasteiger partial charge is 0.349 e. The number of nitrogens with zero attached hydrogens (tertiary/aromatic N) is 3. The van der Waals surface area contributed by atoms with Gasteiger partial charge in [0.05, 0.1) is 23.1 Å². The number of amides is 2. The van der Waals surface area contributed by atoms with Crippen LogP contribution in [0.1, 0.15) is 63.0 Å². The van der Waals surface area contributed by atoms with Crippen LogP contribution >= 0.6 is 0 Å². The first-order valence-corrected chi connectivity index (χ1v) is 14.0. The summed E-state index contributed by atoms with van der Waals surface area (Å²) in [6.45, 7) is 7.01. The van der Waals surface area contributed by atoms with E-state index in [1.54, 1.807) is 5.01 Å². The number of urea groups is 1. The number of ether oxygens (including phenoxy) is 1. The van der Waals surface area contributed by atoms with Crippen molar-refractivity contribution in [3.05, 3.63) is 53.6 Å². The molecule has 7 nitrogen and oxygen atoms in total. The lowest BCUT2D eigenvalue weighted by atomic mass is 9.82. The Morgan fingerprint density at radius 2 is 1.78 bits per heavy atom.